The van der Waals surface area contributed by atoms with Crippen molar-refractivity contribution in [3.05, 3.63) is 41.2 Å². The zero-order chi connectivity index (χ0) is 11.4. The van der Waals surface area contributed by atoms with Crippen molar-refractivity contribution >= 4 is 17.8 Å². The number of Topliss-reactive ketones (excluding diaryl/α,β-unsaturated/α-hetero) is 1. The third-order valence-electron chi connectivity index (χ3n) is 1.81. The lowest BCUT2D eigenvalue weighted by atomic mass is 10.1. The normalized spacial score (nSPS) is 11.2. The van der Waals surface area contributed by atoms with Crippen LogP contribution >= 0.6 is 0 Å². The van der Waals surface area contributed by atoms with Gasteiger partial charge < -0.3 is 5.11 Å². The topological polar surface area (TPSA) is 54.4 Å². The van der Waals surface area contributed by atoms with E-state index in [0.29, 0.717) is 5.56 Å². The zero-order valence-corrected chi connectivity index (χ0v) is 8.03. The van der Waals surface area contributed by atoms with Crippen LogP contribution in [0.15, 0.2) is 29.8 Å². The number of halogens is 1. The number of ketones is 1. The predicted molar refractivity (Wildman–Crippen MR) is 52.7 cm³/mol. The van der Waals surface area contributed by atoms with Crippen molar-refractivity contribution < 1.29 is 19.1 Å². The summed E-state index contributed by atoms with van der Waals surface area (Å²) in [6.45, 7) is 1.40. The summed E-state index contributed by atoms with van der Waals surface area (Å²) in [7, 11) is 0. The number of carboxylic acids is 1. The first-order valence-electron chi connectivity index (χ1n) is 4.22. The minimum atomic E-state index is -1.49. The molecular formula is C11H9FO3. The Hall–Kier alpha value is -1.97. The van der Waals surface area contributed by atoms with Crippen molar-refractivity contribution in [2.75, 3.05) is 0 Å². The summed E-state index contributed by atoms with van der Waals surface area (Å²) in [6.07, 6.45) is 1.40. The van der Waals surface area contributed by atoms with Crippen molar-refractivity contribution in [2.24, 2.45) is 0 Å². The molecule has 3 nitrogen and oxygen atoms in total. The fourth-order valence-electron chi connectivity index (χ4n) is 1.04. The number of carboxylic acid groups (broad SMARTS) is 1. The van der Waals surface area contributed by atoms with Gasteiger partial charge in [-0.15, -0.1) is 0 Å². The lowest BCUT2D eigenvalue weighted by Gasteiger charge is -1.96. The SMILES string of the molecule is CC(=Cc1ccc(F)cc1)C(=O)C(=O)O. The molecule has 1 N–H and O–H groups in total. The molecule has 0 fully saturated rings. The van der Waals surface area contributed by atoms with Gasteiger partial charge in [0.05, 0.1) is 0 Å². The number of carbonyl (C=O) groups is 2. The molecule has 0 aliphatic rings. The van der Waals surface area contributed by atoms with E-state index in [9.17, 15) is 14.0 Å². The Morgan fingerprint density at radius 1 is 1.27 bits per heavy atom. The van der Waals surface area contributed by atoms with E-state index in [1.54, 1.807) is 0 Å². The Morgan fingerprint density at radius 2 is 1.80 bits per heavy atom. The van der Waals surface area contributed by atoms with Crippen LogP contribution in [-0.2, 0) is 9.59 Å². The molecule has 0 spiro atoms. The third kappa shape index (κ3) is 3.02. The average molecular weight is 208 g/mol. The van der Waals surface area contributed by atoms with Crippen LogP contribution in [0.5, 0.6) is 0 Å². The molecule has 15 heavy (non-hydrogen) atoms. The van der Waals surface area contributed by atoms with E-state index < -0.39 is 11.8 Å². The van der Waals surface area contributed by atoms with Crippen molar-refractivity contribution in [1.82, 2.24) is 0 Å². The van der Waals surface area contributed by atoms with Gasteiger partial charge in [0.2, 0.25) is 0 Å². The van der Waals surface area contributed by atoms with Gasteiger partial charge in [-0.25, -0.2) is 9.18 Å². The van der Waals surface area contributed by atoms with Gasteiger partial charge in [-0.2, -0.15) is 0 Å². The molecule has 0 atom stereocenters. The molecule has 4 heteroatoms. The van der Waals surface area contributed by atoms with Gasteiger partial charge in [0, 0.05) is 5.57 Å². The molecule has 0 radical (unpaired) electrons. The van der Waals surface area contributed by atoms with Crippen LogP contribution in [0.25, 0.3) is 6.08 Å². The van der Waals surface area contributed by atoms with E-state index in [4.69, 9.17) is 5.11 Å². The second-order valence-electron chi connectivity index (χ2n) is 3.01. The highest BCUT2D eigenvalue weighted by molar-refractivity contribution is 6.40. The first kappa shape index (κ1) is 11.1. The van der Waals surface area contributed by atoms with E-state index in [1.165, 1.54) is 37.3 Å². The number of hydrogen-bond donors (Lipinski definition) is 1. The van der Waals surface area contributed by atoms with Crippen LogP contribution in [0.4, 0.5) is 4.39 Å². The smallest absolute Gasteiger partial charge is 0.376 e. The van der Waals surface area contributed by atoms with Gasteiger partial charge in [-0.05, 0) is 30.7 Å². The summed E-state index contributed by atoms with van der Waals surface area (Å²) in [5.74, 6) is -2.83. The second-order valence-corrected chi connectivity index (χ2v) is 3.01. The number of benzene rings is 1. The number of carbonyl (C=O) groups excluding carboxylic acids is 1. The maximum atomic E-state index is 12.5. The van der Waals surface area contributed by atoms with Crippen molar-refractivity contribution in [1.29, 1.82) is 0 Å². The molecule has 0 aliphatic carbocycles. The summed E-state index contributed by atoms with van der Waals surface area (Å²) in [6, 6.07) is 5.41. The molecule has 0 aliphatic heterocycles. The maximum absolute atomic E-state index is 12.5. The Bertz CT molecular complexity index is 418. The maximum Gasteiger partial charge on any atom is 0.376 e. The van der Waals surface area contributed by atoms with Gasteiger partial charge in [0.25, 0.3) is 5.78 Å². The van der Waals surface area contributed by atoms with Crippen LogP contribution in [0.1, 0.15) is 12.5 Å². The molecular weight excluding hydrogens is 199 g/mol. The first-order chi connectivity index (χ1) is 7.00. The fourth-order valence-corrected chi connectivity index (χ4v) is 1.04. The Labute approximate surface area is 85.8 Å². The van der Waals surface area contributed by atoms with E-state index in [1.807, 2.05) is 0 Å². The third-order valence-corrected chi connectivity index (χ3v) is 1.81. The molecule has 78 valence electrons. The fraction of sp³-hybridized carbons (Fsp3) is 0.0909. The summed E-state index contributed by atoms with van der Waals surface area (Å²) >= 11 is 0. The van der Waals surface area contributed by atoms with Gasteiger partial charge >= 0.3 is 5.97 Å². The summed E-state index contributed by atoms with van der Waals surface area (Å²) in [4.78, 5) is 21.3. The van der Waals surface area contributed by atoms with E-state index in [2.05, 4.69) is 0 Å². The van der Waals surface area contributed by atoms with Crippen LogP contribution in [0.2, 0.25) is 0 Å². The minimum Gasteiger partial charge on any atom is -0.475 e. The molecule has 1 aromatic carbocycles. The van der Waals surface area contributed by atoms with Gasteiger partial charge in [-0.1, -0.05) is 12.1 Å². The molecule has 0 bridgehead atoms. The molecule has 1 aromatic rings. The molecule has 0 unspecified atom stereocenters. The lowest BCUT2D eigenvalue weighted by Crippen LogP contribution is -2.13. The largest absolute Gasteiger partial charge is 0.475 e. The predicted octanol–water partition coefficient (Wildman–Crippen LogP) is 1.88. The molecule has 0 heterocycles. The number of hydrogen-bond acceptors (Lipinski definition) is 2. The van der Waals surface area contributed by atoms with E-state index in [-0.39, 0.29) is 11.4 Å². The van der Waals surface area contributed by atoms with Crippen molar-refractivity contribution in [2.45, 2.75) is 6.92 Å². The Balaban J connectivity index is 2.92. The van der Waals surface area contributed by atoms with Gasteiger partial charge in [0.15, 0.2) is 0 Å². The molecule has 0 saturated heterocycles. The van der Waals surface area contributed by atoms with Crippen LogP contribution in [0.3, 0.4) is 0 Å². The highest BCUT2D eigenvalue weighted by Crippen LogP contribution is 2.08. The summed E-state index contributed by atoms with van der Waals surface area (Å²) in [5, 5.41) is 8.42. The van der Waals surface area contributed by atoms with Crippen molar-refractivity contribution in [3.8, 4) is 0 Å². The number of aliphatic carboxylic acids is 1. The molecule has 0 amide bonds. The number of rotatable bonds is 3. The standard InChI is InChI=1S/C11H9FO3/c1-7(10(13)11(14)15)6-8-2-4-9(12)5-3-8/h2-6H,1H3,(H,14,15). The summed E-state index contributed by atoms with van der Waals surface area (Å²) in [5.41, 5.74) is 0.692. The molecule has 0 saturated carbocycles. The highest BCUT2D eigenvalue weighted by atomic mass is 19.1. The van der Waals surface area contributed by atoms with E-state index >= 15 is 0 Å². The van der Waals surface area contributed by atoms with E-state index in [0.717, 1.165) is 0 Å². The quantitative estimate of drug-likeness (QED) is 0.609. The first-order valence-corrected chi connectivity index (χ1v) is 4.22. The minimum absolute atomic E-state index is 0.106. The van der Waals surface area contributed by atoms with Crippen LogP contribution in [0, 0.1) is 5.82 Å². The van der Waals surface area contributed by atoms with Crippen LogP contribution < -0.4 is 0 Å². The monoisotopic (exact) mass is 208 g/mol. The van der Waals surface area contributed by atoms with Gasteiger partial charge in [0.1, 0.15) is 5.82 Å². The lowest BCUT2D eigenvalue weighted by molar-refractivity contribution is -0.147. The molecule has 1 rings (SSSR count). The Morgan fingerprint density at radius 3 is 2.27 bits per heavy atom. The zero-order valence-electron chi connectivity index (χ0n) is 8.03. The molecule has 0 aromatic heterocycles. The summed E-state index contributed by atoms with van der Waals surface area (Å²) < 4.78 is 12.5. The van der Waals surface area contributed by atoms with Crippen LogP contribution in [-0.4, -0.2) is 16.9 Å². The average Bonchev–Trinajstić information content (AvgIpc) is 2.20. The second kappa shape index (κ2) is 4.50. The Kier molecular flexibility index (Phi) is 3.33. The van der Waals surface area contributed by atoms with Crippen molar-refractivity contribution in [3.63, 3.8) is 0 Å². The highest BCUT2D eigenvalue weighted by Gasteiger charge is 2.12. The van der Waals surface area contributed by atoms with Gasteiger partial charge in [-0.3, -0.25) is 4.79 Å².